The van der Waals surface area contributed by atoms with Crippen LogP contribution in [-0.2, 0) is 0 Å². The number of benzene rings is 1. The van der Waals surface area contributed by atoms with Gasteiger partial charge >= 0.3 is 0 Å². The van der Waals surface area contributed by atoms with E-state index in [-0.39, 0.29) is 6.04 Å². The summed E-state index contributed by atoms with van der Waals surface area (Å²) in [5, 5.41) is 14.4. The standard InChI is InChI=1S/C15H22N4O/c1-5-6-16-15(13-9-17-19-18-13)12-7-11(3)14(20-4)8-10(12)2/h7-9,15-16H,5-6H2,1-4H3,(H,17,18,19). The number of aromatic nitrogens is 3. The van der Waals surface area contributed by atoms with Crippen molar-refractivity contribution in [3.63, 3.8) is 0 Å². The fourth-order valence-corrected chi connectivity index (χ4v) is 2.36. The molecule has 0 aliphatic heterocycles. The molecule has 0 bridgehead atoms. The van der Waals surface area contributed by atoms with Crippen LogP contribution in [0, 0.1) is 13.8 Å². The molecular weight excluding hydrogens is 252 g/mol. The van der Waals surface area contributed by atoms with E-state index >= 15 is 0 Å². The van der Waals surface area contributed by atoms with Gasteiger partial charge in [0.25, 0.3) is 0 Å². The predicted molar refractivity (Wildman–Crippen MR) is 79.0 cm³/mol. The molecule has 0 aliphatic rings. The quantitative estimate of drug-likeness (QED) is 0.849. The minimum Gasteiger partial charge on any atom is -0.496 e. The molecule has 2 aromatic rings. The SMILES string of the molecule is CCCNC(c1cn[nH]n1)c1cc(C)c(OC)cc1C. The zero-order chi connectivity index (χ0) is 14.5. The molecule has 108 valence electrons. The highest BCUT2D eigenvalue weighted by Gasteiger charge is 2.19. The van der Waals surface area contributed by atoms with Crippen LogP contribution in [0.3, 0.4) is 0 Å². The van der Waals surface area contributed by atoms with E-state index in [9.17, 15) is 0 Å². The zero-order valence-electron chi connectivity index (χ0n) is 12.5. The van der Waals surface area contributed by atoms with Crippen LogP contribution < -0.4 is 10.1 Å². The Bertz CT molecular complexity index is 551. The Balaban J connectivity index is 2.40. The molecule has 0 fully saturated rings. The molecule has 0 radical (unpaired) electrons. The Labute approximate surface area is 119 Å². The summed E-state index contributed by atoms with van der Waals surface area (Å²) in [7, 11) is 1.70. The summed E-state index contributed by atoms with van der Waals surface area (Å²) in [6, 6.07) is 4.29. The number of hydrogen-bond donors (Lipinski definition) is 2. The van der Waals surface area contributed by atoms with Crippen molar-refractivity contribution in [1.82, 2.24) is 20.7 Å². The van der Waals surface area contributed by atoms with Crippen molar-refractivity contribution in [3.05, 3.63) is 40.7 Å². The Morgan fingerprint density at radius 3 is 2.70 bits per heavy atom. The van der Waals surface area contributed by atoms with Crippen LogP contribution in [0.4, 0.5) is 0 Å². The third kappa shape index (κ3) is 2.99. The molecule has 0 aliphatic carbocycles. The Morgan fingerprint density at radius 2 is 2.10 bits per heavy atom. The van der Waals surface area contributed by atoms with E-state index in [1.165, 1.54) is 11.1 Å². The van der Waals surface area contributed by atoms with Crippen LogP contribution in [0.25, 0.3) is 0 Å². The van der Waals surface area contributed by atoms with Gasteiger partial charge in [-0.05, 0) is 49.6 Å². The first kappa shape index (κ1) is 14.5. The van der Waals surface area contributed by atoms with E-state index in [4.69, 9.17) is 4.74 Å². The molecule has 0 amide bonds. The second-order valence-electron chi connectivity index (χ2n) is 4.96. The van der Waals surface area contributed by atoms with Crippen molar-refractivity contribution in [2.75, 3.05) is 13.7 Å². The van der Waals surface area contributed by atoms with E-state index in [1.807, 2.05) is 0 Å². The van der Waals surface area contributed by atoms with E-state index in [2.05, 4.69) is 53.6 Å². The van der Waals surface area contributed by atoms with Gasteiger partial charge in [-0.2, -0.15) is 15.4 Å². The highest BCUT2D eigenvalue weighted by molar-refractivity contribution is 5.44. The molecule has 1 unspecified atom stereocenters. The van der Waals surface area contributed by atoms with E-state index < -0.39 is 0 Å². The minimum absolute atomic E-state index is 0.0540. The molecule has 0 saturated heterocycles. The number of aromatic amines is 1. The lowest BCUT2D eigenvalue weighted by molar-refractivity contribution is 0.411. The van der Waals surface area contributed by atoms with Crippen molar-refractivity contribution in [1.29, 1.82) is 0 Å². The number of ether oxygens (including phenoxy) is 1. The van der Waals surface area contributed by atoms with Gasteiger partial charge in [-0.3, -0.25) is 0 Å². The van der Waals surface area contributed by atoms with Gasteiger partial charge in [0.15, 0.2) is 0 Å². The Morgan fingerprint density at radius 1 is 1.30 bits per heavy atom. The lowest BCUT2D eigenvalue weighted by atomic mass is 9.96. The van der Waals surface area contributed by atoms with Crippen LogP contribution in [-0.4, -0.2) is 29.1 Å². The van der Waals surface area contributed by atoms with Gasteiger partial charge in [-0.25, -0.2) is 0 Å². The average Bonchev–Trinajstić information content (AvgIpc) is 2.96. The molecule has 1 heterocycles. The molecule has 5 nitrogen and oxygen atoms in total. The van der Waals surface area contributed by atoms with Crippen LogP contribution in [0.15, 0.2) is 18.3 Å². The first-order valence-corrected chi connectivity index (χ1v) is 6.91. The maximum atomic E-state index is 5.38. The topological polar surface area (TPSA) is 62.8 Å². The van der Waals surface area contributed by atoms with Gasteiger partial charge in [-0.15, -0.1) is 0 Å². The van der Waals surface area contributed by atoms with Gasteiger partial charge in [0, 0.05) is 0 Å². The Kier molecular flexibility index (Phi) is 4.74. The monoisotopic (exact) mass is 274 g/mol. The number of nitrogens with one attached hydrogen (secondary N) is 2. The van der Waals surface area contributed by atoms with Gasteiger partial charge in [0.05, 0.1) is 19.3 Å². The summed E-state index contributed by atoms with van der Waals surface area (Å²) < 4.78 is 5.38. The van der Waals surface area contributed by atoms with Gasteiger partial charge in [0.2, 0.25) is 0 Å². The lowest BCUT2D eigenvalue weighted by Gasteiger charge is -2.20. The van der Waals surface area contributed by atoms with Gasteiger partial charge in [-0.1, -0.05) is 13.0 Å². The second-order valence-corrected chi connectivity index (χ2v) is 4.96. The predicted octanol–water partition coefficient (Wildman–Crippen LogP) is 2.52. The van der Waals surface area contributed by atoms with Crippen molar-refractivity contribution in [2.45, 2.75) is 33.2 Å². The molecule has 0 saturated carbocycles. The summed E-state index contributed by atoms with van der Waals surface area (Å²) in [5.74, 6) is 0.917. The normalized spacial score (nSPS) is 12.4. The van der Waals surface area contributed by atoms with E-state index in [0.29, 0.717) is 0 Å². The maximum Gasteiger partial charge on any atom is 0.122 e. The molecule has 0 spiro atoms. The fourth-order valence-electron chi connectivity index (χ4n) is 2.36. The molecular formula is C15H22N4O. The molecule has 1 aromatic heterocycles. The van der Waals surface area contributed by atoms with Crippen molar-refractivity contribution in [2.24, 2.45) is 0 Å². The molecule has 1 aromatic carbocycles. The minimum atomic E-state index is 0.0540. The highest BCUT2D eigenvalue weighted by Crippen LogP contribution is 2.29. The number of nitrogens with zero attached hydrogens (tertiary/aromatic N) is 2. The average molecular weight is 274 g/mol. The third-order valence-corrected chi connectivity index (χ3v) is 3.42. The molecule has 1 atom stereocenters. The summed E-state index contributed by atoms with van der Waals surface area (Å²) in [6.07, 6.45) is 2.84. The first-order valence-electron chi connectivity index (χ1n) is 6.91. The van der Waals surface area contributed by atoms with Crippen LogP contribution in [0.5, 0.6) is 5.75 Å². The highest BCUT2D eigenvalue weighted by atomic mass is 16.5. The summed E-state index contributed by atoms with van der Waals surface area (Å²) in [6.45, 7) is 7.24. The zero-order valence-corrected chi connectivity index (χ0v) is 12.5. The number of H-pyrrole nitrogens is 1. The molecule has 2 N–H and O–H groups in total. The largest absolute Gasteiger partial charge is 0.496 e. The fraction of sp³-hybridized carbons (Fsp3) is 0.467. The number of methoxy groups -OCH3 is 1. The summed E-state index contributed by atoms with van der Waals surface area (Å²) >= 11 is 0. The summed E-state index contributed by atoms with van der Waals surface area (Å²) in [4.78, 5) is 0. The Hall–Kier alpha value is -1.88. The molecule has 20 heavy (non-hydrogen) atoms. The molecule has 2 rings (SSSR count). The van der Waals surface area contributed by atoms with Crippen LogP contribution >= 0.6 is 0 Å². The van der Waals surface area contributed by atoms with E-state index in [0.717, 1.165) is 30.0 Å². The van der Waals surface area contributed by atoms with Crippen molar-refractivity contribution < 1.29 is 4.74 Å². The van der Waals surface area contributed by atoms with Gasteiger partial charge < -0.3 is 10.1 Å². The second kappa shape index (κ2) is 6.52. The maximum absolute atomic E-state index is 5.38. The number of hydrogen-bond acceptors (Lipinski definition) is 4. The van der Waals surface area contributed by atoms with Crippen molar-refractivity contribution >= 4 is 0 Å². The first-order chi connectivity index (χ1) is 9.67. The molecule has 5 heteroatoms. The van der Waals surface area contributed by atoms with E-state index in [1.54, 1.807) is 13.3 Å². The van der Waals surface area contributed by atoms with Crippen LogP contribution in [0.1, 0.15) is 41.8 Å². The number of rotatable bonds is 6. The van der Waals surface area contributed by atoms with Crippen molar-refractivity contribution in [3.8, 4) is 5.75 Å². The van der Waals surface area contributed by atoms with Crippen LogP contribution in [0.2, 0.25) is 0 Å². The summed E-state index contributed by atoms with van der Waals surface area (Å²) in [5.41, 5.74) is 4.43. The smallest absolute Gasteiger partial charge is 0.122 e. The number of aryl methyl sites for hydroxylation is 2. The third-order valence-electron chi connectivity index (χ3n) is 3.42. The lowest BCUT2D eigenvalue weighted by Crippen LogP contribution is -2.24. The van der Waals surface area contributed by atoms with Gasteiger partial charge in [0.1, 0.15) is 11.4 Å².